The number of benzene rings is 2. The van der Waals surface area contributed by atoms with Crippen molar-refractivity contribution >= 4 is 38.0 Å². The van der Waals surface area contributed by atoms with Crippen molar-refractivity contribution < 1.29 is 19.4 Å². The maximum Gasteiger partial charge on any atom is 0.407 e. The van der Waals surface area contributed by atoms with E-state index in [2.05, 4.69) is 61.0 Å². The van der Waals surface area contributed by atoms with E-state index in [1.807, 2.05) is 12.1 Å². The lowest BCUT2D eigenvalue weighted by atomic mass is 10.0. The molecule has 0 spiro atoms. The molecule has 1 aliphatic carbocycles. The standard InChI is InChI=1S/C22H24Br2N2O4/c1-29-18-2-3-19-15(10-18)11-20(30-13-14-8-16(23)12-17(24)9-14)21(19)25-4-6-26(7-5-25)22(27)28/h2-3,8-10,12,20-21H,4-7,11,13H2,1H3,(H,27,28)/t20-,21-/m1/s1. The van der Waals surface area contributed by atoms with Crippen LogP contribution < -0.4 is 4.74 Å². The van der Waals surface area contributed by atoms with Gasteiger partial charge in [0.25, 0.3) is 0 Å². The molecule has 1 heterocycles. The Morgan fingerprint density at radius 2 is 1.80 bits per heavy atom. The molecule has 0 radical (unpaired) electrons. The molecule has 1 N–H and O–H groups in total. The summed E-state index contributed by atoms with van der Waals surface area (Å²) in [5.74, 6) is 0.847. The number of fused-ring (bicyclic) bond motifs is 1. The van der Waals surface area contributed by atoms with Gasteiger partial charge in [-0.05, 0) is 47.0 Å². The van der Waals surface area contributed by atoms with Crippen LogP contribution in [0.3, 0.4) is 0 Å². The van der Waals surface area contributed by atoms with Gasteiger partial charge >= 0.3 is 6.09 Å². The van der Waals surface area contributed by atoms with Crippen molar-refractivity contribution in [2.75, 3.05) is 33.3 Å². The normalized spacial score (nSPS) is 21.5. The number of ether oxygens (including phenoxy) is 2. The van der Waals surface area contributed by atoms with Crippen molar-refractivity contribution in [2.24, 2.45) is 0 Å². The molecule has 0 aromatic heterocycles. The first-order chi connectivity index (χ1) is 14.4. The van der Waals surface area contributed by atoms with Crippen molar-refractivity contribution in [3.8, 4) is 5.75 Å². The van der Waals surface area contributed by atoms with Crippen molar-refractivity contribution in [2.45, 2.75) is 25.2 Å². The Hall–Kier alpha value is -1.61. The first-order valence-electron chi connectivity index (χ1n) is 9.90. The minimum Gasteiger partial charge on any atom is -0.497 e. The minimum atomic E-state index is -0.848. The number of rotatable bonds is 5. The smallest absolute Gasteiger partial charge is 0.407 e. The summed E-state index contributed by atoms with van der Waals surface area (Å²) in [5.41, 5.74) is 3.58. The zero-order valence-electron chi connectivity index (χ0n) is 16.7. The zero-order chi connectivity index (χ0) is 21.3. The summed E-state index contributed by atoms with van der Waals surface area (Å²) >= 11 is 7.07. The average molecular weight is 540 g/mol. The topological polar surface area (TPSA) is 62.2 Å². The average Bonchev–Trinajstić information content (AvgIpc) is 3.09. The van der Waals surface area contributed by atoms with E-state index in [0.29, 0.717) is 32.8 Å². The van der Waals surface area contributed by atoms with E-state index in [1.54, 1.807) is 7.11 Å². The summed E-state index contributed by atoms with van der Waals surface area (Å²) in [5, 5.41) is 9.27. The maximum atomic E-state index is 11.3. The molecule has 8 heteroatoms. The lowest BCUT2D eigenvalue weighted by molar-refractivity contribution is -0.0270. The highest BCUT2D eigenvalue weighted by Gasteiger charge is 2.39. The second kappa shape index (κ2) is 9.26. The molecule has 0 saturated carbocycles. The van der Waals surface area contributed by atoms with E-state index in [-0.39, 0.29) is 12.1 Å². The van der Waals surface area contributed by atoms with E-state index in [9.17, 15) is 9.90 Å². The van der Waals surface area contributed by atoms with Crippen LogP contribution in [0.25, 0.3) is 0 Å². The fourth-order valence-electron chi connectivity index (χ4n) is 4.37. The summed E-state index contributed by atoms with van der Waals surface area (Å²) in [6.07, 6.45) is -0.0357. The fraction of sp³-hybridized carbons (Fsp3) is 0.409. The van der Waals surface area contributed by atoms with Gasteiger partial charge < -0.3 is 19.5 Å². The third-order valence-electron chi connectivity index (χ3n) is 5.81. The third kappa shape index (κ3) is 4.66. The maximum absolute atomic E-state index is 11.3. The Morgan fingerprint density at radius 1 is 1.10 bits per heavy atom. The third-order valence-corrected chi connectivity index (χ3v) is 6.72. The van der Waals surface area contributed by atoms with Gasteiger partial charge in [0.15, 0.2) is 0 Å². The number of carbonyl (C=O) groups is 1. The molecule has 4 rings (SSSR count). The zero-order valence-corrected chi connectivity index (χ0v) is 19.9. The number of piperazine rings is 1. The quantitative estimate of drug-likeness (QED) is 0.596. The largest absolute Gasteiger partial charge is 0.497 e. The molecule has 0 bridgehead atoms. The predicted octanol–water partition coefficient (Wildman–Crippen LogP) is 4.70. The molecule has 1 fully saturated rings. The fourth-order valence-corrected chi connectivity index (χ4v) is 5.76. The van der Waals surface area contributed by atoms with Crippen LogP contribution in [-0.2, 0) is 17.8 Å². The van der Waals surface area contributed by atoms with Crippen molar-refractivity contribution in [3.63, 3.8) is 0 Å². The van der Waals surface area contributed by atoms with E-state index in [1.165, 1.54) is 16.0 Å². The highest BCUT2D eigenvalue weighted by molar-refractivity contribution is 9.11. The monoisotopic (exact) mass is 538 g/mol. The van der Waals surface area contributed by atoms with Gasteiger partial charge in [0.05, 0.1) is 25.9 Å². The SMILES string of the molecule is COc1ccc2c(c1)C[C@@H](OCc1cc(Br)cc(Br)c1)[C@@H]2N1CCN(C(=O)O)CC1. The first-order valence-corrected chi connectivity index (χ1v) is 11.5. The van der Waals surface area contributed by atoms with E-state index in [4.69, 9.17) is 9.47 Å². The molecule has 0 unspecified atom stereocenters. The molecular formula is C22H24Br2N2O4. The number of halogens is 2. The molecule has 160 valence electrons. The van der Waals surface area contributed by atoms with Crippen LogP contribution in [0, 0.1) is 0 Å². The lowest BCUT2D eigenvalue weighted by Crippen LogP contribution is -2.50. The van der Waals surface area contributed by atoms with Crippen LogP contribution in [0.2, 0.25) is 0 Å². The van der Waals surface area contributed by atoms with Crippen LogP contribution in [0.5, 0.6) is 5.75 Å². The van der Waals surface area contributed by atoms with Crippen LogP contribution in [0.15, 0.2) is 45.3 Å². The van der Waals surface area contributed by atoms with Crippen LogP contribution in [0.4, 0.5) is 4.79 Å². The van der Waals surface area contributed by atoms with E-state index < -0.39 is 6.09 Å². The van der Waals surface area contributed by atoms with Crippen molar-refractivity contribution in [1.82, 2.24) is 9.80 Å². The van der Waals surface area contributed by atoms with Gasteiger partial charge in [-0.2, -0.15) is 0 Å². The molecule has 6 nitrogen and oxygen atoms in total. The first kappa shape index (κ1) is 21.6. The molecular weight excluding hydrogens is 516 g/mol. The Labute approximate surface area is 193 Å². The number of amides is 1. The Bertz CT molecular complexity index is 911. The van der Waals surface area contributed by atoms with Crippen LogP contribution in [0.1, 0.15) is 22.7 Å². The summed E-state index contributed by atoms with van der Waals surface area (Å²) in [6.45, 7) is 2.94. The molecule has 1 amide bonds. The Morgan fingerprint density at radius 3 is 2.43 bits per heavy atom. The molecule has 1 aliphatic heterocycles. The Balaban J connectivity index is 1.54. The molecule has 2 aromatic rings. The second-order valence-electron chi connectivity index (χ2n) is 7.65. The minimum absolute atomic E-state index is 0.00115. The van der Waals surface area contributed by atoms with E-state index >= 15 is 0 Å². The van der Waals surface area contributed by atoms with E-state index in [0.717, 1.165) is 26.7 Å². The summed E-state index contributed by atoms with van der Waals surface area (Å²) in [7, 11) is 1.68. The lowest BCUT2D eigenvalue weighted by Gasteiger charge is -2.39. The van der Waals surface area contributed by atoms with Gasteiger partial charge in [0, 0.05) is 41.5 Å². The van der Waals surface area contributed by atoms with Gasteiger partial charge in [-0.25, -0.2) is 4.79 Å². The second-order valence-corrected chi connectivity index (χ2v) is 9.48. The number of nitrogens with zero attached hydrogens (tertiary/aromatic N) is 2. The summed E-state index contributed by atoms with van der Waals surface area (Å²) in [6, 6.07) is 12.5. The van der Waals surface area contributed by atoms with Gasteiger partial charge in [-0.1, -0.05) is 37.9 Å². The molecule has 2 atom stereocenters. The Kier molecular flexibility index (Phi) is 6.67. The van der Waals surface area contributed by atoms with Gasteiger partial charge in [0.2, 0.25) is 0 Å². The number of carboxylic acid groups (broad SMARTS) is 1. The van der Waals surface area contributed by atoms with Gasteiger partial charge in [-0.3, -0.25) is 4.90 Å². The highest BCUT2D eigenvalue weighted by atomic mass is 79.9. The van der Waals surface area contributed by atoms with Crippen LogP contribution in [-0.4, -0.2) is 60.4 Å². The molecule has 30 heavy (non-hydrogen) atoms. The highest BCUT2D eigenvalue weighted by Crippen LogP contribution is 2.40. The number of hydrogen-bond acceptors (Lipinski definition) is 4. The van der Waals surface area contributed by atoms with Crippen LogP contribution >= 0.6 is 31.9 Å². The number of methoxy groups -OCH3 is 1. The van der Waals surface area contributed by atoms with Crippen molar-refractivity contribution in [1.29, 1.82) is 0 Å². The molecule has 2 aliphatic rings. The van der Waals surface area contributed by atoms with Gasteiger partial charge in [-0.15, -0.1) is 0 Å². The predicted molar refractivity (Wildman–Crippen MR) is 121 cm³/mol. The number of hydrogen-bond donors (Lipinski definition) is 1. The van der Waals surface area contributed by atoms with Crippen molar-refractivity contribution in [3.05, 3.63) is 62.0 Å². The molecule has 2 aromatic carbocycles. The molecule has 1 saturated heterocycles. The summed E-state index contributed by atoms with van der Waals surface area (Å²) < 4.78 is 13.9. The summed E-state index contributed by atoms with van der Waals surface area (Å²) in [4.78, 5) is 15.1. The van der Waals surface area contributed by atoms with Gasteiger partial charge in [0.1, 0.15) is 5.75 Å².